The highest BCUT2D eigenvalue weighted by Gasteiger charge is 2.13. The van der Waals surface area contributed by atoms with Crippen LogP contribution in [0, 0.1) is 0 Å². The van der Waals surface area contributed by atoms with Crippen LogP contribution in [0.2, 0.25) is 0 Å². The standard InChI is InChI=1S/C19H17N3O4S2/c1-4-26-17(23)10-5-6-11-15(7-10)27-18(20-11)22-19-21-12-8-13(24-2)14(25-3)9-16(12)28-19/h5-9H,4H2,1-3H3,(H,20,21,22). The van der Waals surface area contributed by atoms with Crippen LogP contribution in [0.3, 0.4) is 0 Å². The summed E-state index contributed by atoms with van der Waals surface area (Å²) < 4.78 is 17.6. The van der Waals surface area contributed by atoms with Gasteiger partial charge >= 0.3 is 5.97 Å². The Labute approximate surface area is 168 Å². The van der Waals surface area contributed by atoms with Gasteiger partial charge < -0.3 is 19.5 Å². The summed E-state index contributed by atoms with van der Waals surface area (Å²) in [7, 11) is 3.20. The summed E-state index contributed by atoms with van der Waals surface area (Å²) in [5.74, 6) is 0.969. The Hall–Kier alpha value is -2.91. The molecule has 4 rings (SSSR count). The van der Waals surface area contributed by atoms with Crippen LogP contribution in [0.15, 0.2) is 30.3 Å². The van der Waals surface area contributed by atoms with Crippen molar-refractivity contribution in [3.05, 3.63) is 35.9 Å². The van der Waals surface area contributed by atoms with Gasteiger partial charge in [-0.15, -0.1) is 0 Å². The fraction of sp³-hybridized carbons (Fsp3) is 0.211. The number of nitrogens with zero attached hydrogens (tertiary/aromatic N) is 2. The van der Waals surface area contributed by atoms with E-state index in [1.165, 1.54) is 22.7 Å². The van der Waals surface area contributed by atoms with Crippen LogP contribution >= 0.6 is 22.7 Å². The molecule has 2 heterocycles. The summed E-state index contributed by atoms with van der Waals surface area (Å²) in [4.78, 5) is 21.1. The molecule has 0 saturated carbocycles. The molecule has 0 amide bonds. The molecule has 7 nitrogen and oxygen atoms in total. The zero-order valence-electron chi connectivity index (χ0n) is 15.4. The van der Waals surface area contributed by atoms with Crippen molar-refractivity contribution in [1.82, 2.24) is 9.97 Å². The summed E-state index contributed by atoms with van der Waals surface area (Å²) >= 11 is 2.95. The van der Waals surface area contributed by atoms with Crippen LogP contribution < -0.4 is 14.8 Å². The number of methoxy groups -OCH3 is 2. The van der Waals surface area contributed by atoms with Gasteiger partial charge in [-0.25, -0.2) is 14.8 Å². The Morgan fingerprint density at radius 3 is 2.29 bits per heavy atom. The zero-order chi connectivity index (χ0) is 19.7. The summed E-state index contributed by atoms with van der Waals surface area (Å²) in [6.07, 6.45) is 0. The van der Waals surface area contributed by atoms with E-state index < -0.39 is 0 Å². The van der Waals surface area contributed by atoms with Crippen LogP contribution in [0.4, 0.5) is 10.3 Å². The first-order chi connectivity index (χ1) is 13.6. The maximum Gasteiger partial charge on any atom is 0.338 e. The number of carbonyl (C=O) groups is 1. The fourth-order valence-electron chi connectivity index (χ4n) is 2.72. The second-order valence-corrected chi connectivity index (χ2v) is 7.80. The van der Waals surface area contributed by atoms with Gasteiger partial charge in [-0.2, -0.15) is 0 Å². The van der Waals surface area contributed by atoms with Crippen molar-refractivity contribution in [2.24, 2.45) is 0 Å². The second-order valence-electron chi connectivity index (χ2n) is 5.74. The summed E-state index contributed by atoms with van der Waals surface area (Å²) in [5.41, 5.74) is 2.14. The predicted molar refractivity (Wildman–Crippen MR) is 112 cm³/mol. The van der Waals surface area contributed by atoms with Gasteiger partial charge in [-0.1, -0.05) is 22.7 Å². The van der Waals surface area contributed by atoms with Crippen molar-refractivity contribution in [3.8, 4) is 11.5 Å². The maximum atomic E-state index is 11.9. The number of hydrogen-bond acceptors (Lipinski definition) is 9. The minimum absolute atomic E-state index is 0.332. The van der Waals surface area contributed by atoms with Gasteiger partial charge in [-0.05, 0) is 25.1 Å². The number of hydrogen-bond donors (Lipinski definition) is 1. The number of benzene rings is 2. The lowest BCUT2D eigenvalue weighted by molar-refractivity contribution is 0.0526. The summed E-state index contributed by atoms with van der Waals surface area (Å²) in [6, 6.07) is 9.09. The molecule has 4 aromatic rings. The van der Waals surface area contributed by atoms with E-state index >= 15 is 0 Å². The predicted octanol–water partition coefficient (Wildman–Crippen LogP) is 4.84. The van der Waals surface area contributed by atoms with E-state index in [1.807, 2.05) is 18.2 Å². The monoisotopic (exact) mass is 415 g/mol. The Kier molecular flexibility index (Phi) is 5.01. The van der Waals surface area contributed by atoms with E-state index in [1.54, 1.807) is 33.3 Å². The van der Waals surface area contributed by atoms with Crippen molar-refractivity contribution in [2.75, 3.05) is 26.1 Å². The number of ether oxygens (including phenoxy) is 3. The molecule has 0 spiro atoms. The summed E-state index contributed by atoms with van der Waals surface area (Å²) in [6.45, 7) is 2.13. The number of aromatic nitrogens is 2. The molecule has 0 atom stereocenters. The molecule has 0 fully saturated rings. The summed E-state index contributed by atoms with van der Waals surface area (Å²) in [5, 5.41) is 4.67. The van der Waals surface area contributed by atoms with Crippen LogP contribution in [0.25, 0.3) is 20.4 Å². The third-order valence-corrected chi connectivity index (χ3v) is 5.87. The molecule has 0 radical (unpaired) electrons. The molecule has 1 N–H and O–H groups in total. The first kappa shape index (κ1) is 18.5. The average Bonchev–Trinajstić information content (AvgIpc) is 3.28. The molecule has 2 aromatic heterocycles. The lowest BCUT2D eigenvalue weighted by Gasteiger charge is -2.05. The van der Waals surface area contributed by atoms with Crippen LogP contribution in [0.1, 0.15) is 17.3 Å². The first-order valence-electron chi connectivity index (χ1n) is 8.48. The van der Waals surface area contributed by atoms with Gasteiger partial charge in [0.15, 0.2) is 21.8 Å². The van der Waals surface area contributed by atoms with E-state index in [-0.39, 0.29) is 5.97 Å². The third kappa shape index (κ3) is 3.46. The van der Waals surface area contributed by atoms with Crippen molar-refractivity contribution < 1.29 is 19.0 Å². The van der Waals surface area contributed by atoms with E-state index in [9.17, 15) is 4.79 Å². The quantitative estimate of drug-likeness (QED) is 0.451. The molecule has 9 heteroatoms. The van der Waals surface area contributed by atoms with Crippen LogP contribution in [-0.4, -0.2) is 36.8 Å². The molecule has 0 aliphatic rings. The van der Waals surface area contributed by atoms with Gasteiger partial charge in [0.05, 0.1) is 46.8 Å². The Morgan fingerprint density at radius 1 is 0.964 bits per heavy atom. The number of esters is 1. The number of carbonyl (C=O) groups excluding carboxylic acids is 1. The van der Waals surface area contributed by atoms with Crippen LogP contribution in [0.5, 0.6) is 11.5 Å². The van der Waals surface area contributed by atoms with E-state index in [4.69, 9.17) is 14.2 Å². The van der Waals surface area contributed by atoms with E-state index in [0.29, 0.717) is 28.8 Å². The van der Waals surface area contributed by atoms with Gasteiger partial charge in [0.25, 0.3) is 0 Å². The number of nitrogens with one attached hydrogen (secondary N) is 1. The Bertz CT molecular complexity index is 1130. The third-order valence-electron chi connectivity index (χ3n) is 4.01. The molecule has 0 aliphatic heterocycles. The fourth-order valence-corrected chi connectivity index (χ4v) is 4.56. The molecule has 2 aromatic carbocycles. The molecule has 144 valence electrons. The highest BCUT2D eigenvalue weighted by molar-refractivity contribution is 7.24. The SMILES string of the molecule is CCOC(=O)c1ccc2nc(Nc3nc4cc(OC)c(OC)cc4s3)sc2c1. The number of fused-ring (bicyclic) bond motifs is 2. The largest absolute Gasteiger partial charge is 0.493 e. The van der Waals surface area contributed by atoms with Crippen LogP contribution in [-0.2, 0) is 4.74 Å². The van der Waals surface area contributed by atoms with Gasteiger partial charge in [0.1, 0.15) is 0 Å². The maximum absolute atomic E-state index is 11.9. The normalized spacial score (nSPS) is 11.0. The molecule has 0 bridgehead atoms. The lowest BCUT2D eigenvalue weighted by atomic mass is 10.2. The van der Waals surface area contributed by atoms with E-state index in [2.05, 4.69) is 15.3 Å². The highest BCUT2D eigenvalue weighted by Crippen LogP contribution is 2.37. The second kappa shape index (κ2) is 7.61. The van der Waals surface area contributed by atoms with Crippen molar-refractivity contribution in [1.29, 1.82) is 0 Å². The number of thiazole rings is 2. The van der Waals surface area contributed by atoms with Gasteiger partial charge in [0, 0.05) is 12.1 Å². The number of anilines is 2. The Morgan fingerprint density at radius 2 is 1.61 bits per heavy atom. The van der Waals surface area contributed by atoms with Crippen molar-refractivity contribution >= 4 is 59.3 Å². The zero-order valence-corrected chi connectivity index (χ0v) is 17.1. The van der Waals surface area contributed by atoms with Crippen molar-refractivity contribution in [3.63, 3.8) is 0 Å². The minimum Gasteiger partial charge on any atom is -0.493 e. The van der Waals surface area contributed by atoms with Gasteiger partial charge in [0.2, 0.25) is 0 Å². The molecule has 28 heavy (non-hydrogen) atoms. The van der Waals surface area contributed by atoms with Crippen molar-refractivity contribution in [2.45, 2.75) is 6.92 Å². The molecule has 0 aliphatic carbocycles. The average molecular weight is 415 g/mol. The molecule has 0 unspecified atom stereocenters. The Balaban J connectivity index is 1.63. The molecule has 0 saturated heterocycles. The first-order valence-corrected chi connectivity index (χ1v) is 10.1. The van der Waals surface area contributed by atoms with E-state index in [0.717, 1.165) is 25.6 Å². The lowest BCUT2D eigenvalue weighted by Crippen LogP contribution is -2.03. The molecular formula is C19H17N3O4S2. The molecular weight excluding hydrogens is 398 g/mol. The minimum atomic E-state index is -0.332. The topological polar surface area (TPSA) is 82.6 Å². The van der Waals surface area contributed by atoms with Gasteiger partial charge in [-0.3, -0.25) is 0 Å². The smallest absolute Gasteiger partial charge is 0.338 e. The number of rotatable bonds is 6. The highest BCUT2D eigenvalue weighted by atomic mass is 32.1.